The van der Waals surface area contributed by atoms with Crippen molar-refractivity contribution in [1.29, 1.82) is 0 Å². The highest BCUT2D eigenvalue weighted by atomic mass is 79.9. The Balaban J connectivity index is 2.38. The molecule has 86 valence electrons. The monoisotopic (exact) mass is 444 g/mol. The van der Waals surface area contributed by atoms with Crippen molar-refractivity contribution >= 4 is 70.5 Å². The molecule has 0 aliphatic heterocycles. The van der Waals surface area contributed by atoms with Crippen molar-refractivity contribution in [2.45, 2.75) is 13.0 Å². The lowest BCUT2D eigenvalue weighted by molar-refractivity contribution is 0.224. The van der Waals surface area contributed by atoms with E-state index >= 15 is 0 Å². The molecule has 2 rings (SSSR count). The molecule has 1 unspecified atom stereocenters. The SMILES string of the molecule is Cc1sc(C(O)c2cc(Br)sc2Br)cc1Br. The number of thiophene rings is 2. The molecule has 0 bridgehead atoms. The zero-order valence-corrected chi connectivity index (χ0v) is 14.5. The van der Waals surface area contributed by atoms with E-state index in [0.29, 0.717) is 0 Å². The first-order chi connectivity index (χ1) is 7.49. The van der Waals surface area contributed by atoms with Crippen LogP contribution in [-0.4, -0.2) is 5.11 Å². The molecule has 2 heterocycles. The van der Waals surface area contributed by atoms with Crippen LogP contribution in [0.2, 0.25) is 0 Å². The van der Waals surface area contributed by atoms with Crippen molar-refractivity contribution < 1.29 is 5.11 Å². The first-order valence-corrected chi connectivity index (χ1v) is 8.39. The van der Waals surface area contributed by atoms with Crippen LogP contribution < -0.4 is 0 Å². The zero-order chi connectivity index (χ0) is 11.9. The Morgan fingerprint density at radius 2 is 1.88 bits per heavy atom. The van der Waals surface area contributed by atoms with Crippen molar-refractivity contribution in [1.82, 2.24) is 0 Å². The normalized spacial score (nSPS) is 13.1. The van der Waals surface area contributed by atoms with Crippen LogP contribution in [0.5, 0.6) is 0 Å². The van der Waals surface area contributed by atoms with Crippen molar-refractivity contribution in [3.8, 4) is 0 Å². The summed E-state index contributed by atoms with van der Waals surface area (Å²) in [6.07, 6.45) is -0.563. The van der Waals surface area contributed by atoms with Crippen LogP contribution >= 0.6 is 70.5 Å². The summed E-state index contributed by atoms with van der Waals surface area (Å²) in [4.78, 5) is 2.13. The van der Waals surface area contributed by atoms with E-state index in [1.807, 2.05) is 19.1 Å². The number of rotatable bonds is 2. The van der Waals surface area contributed by atoms with Crippen molar-refractivity contribution in [3.05, 3.63) is 39.5 Å². The number of hydrogen-bond acceptors (Lipinski definition) is 3. The van der Waals surface area contributed by atoms with E-state index in [1.54, 1.807) is 22.7 Å². The van der Waals surface area contributed by atoms with Gasteiger partial charge in [0, 0.05) is 19.8 Å². The summed E-state index contributed by atoms with van der Waals surface area (Å²) in [5.41, 5.74) is 0.908. The topological polar surface area (TPSA) is 20.2 Å². The number of aliphatic hydroxyl groups is 1. The summed E-state index contributed by atoms with van der Waals surface area (Å²) >= 11 is 13.5. The van der Waals surface area contributed by atoms with Gasteiger partial charge in [-0.25, -0.2) is 0 Å². The molecule has 0 aliphatic carbocycles. The number of hydrogen-bond donors (Lipinski definition) is 1. The molecule has 1 N–H and O–H groups in total. The number of aliphatic hydroxyl groups excluding tert-OH is 1. The fourth-order valence-corrected chi connectivity index (χ4v) is 5.76. The predicted octanol–water partition coefficient (Wildman–Crippen LogP) is 5.49. The molecule has 6 heteroatoms. The largest absolute Gasteiger partial charge is 0.383 e. The van der Waals surface area contributed by atoms with Crippen LogP contribution in [0, 0.1) is 6.92 Å². The van der Waals surface area contributed by atoms with Gasteiger partial charge >= 0.3 is 0 Å². The number of aryl methyl sites for hydroxylation is 1. The highest BCUT2D eigenvalue weighted by Crippen LogP contribution is 2.40. The molecule has 2 aromatic rings. The Kier molecular flexibility index (Phi) is 4.30. The third kappa shape index (κ3) is 2.62. The summed E-state index contributed by atoms with van der Waals surface area (Å²) in [6, 6.07) is 3.92. The Bertz CT molecular complexity index is 499. The standard InChI is InChI=1S/C10H7Br3OS2/c1-4-6(11)3-7(15-4)9(14)5-2-8(12)16-10(5)13/h2-3,9,14H,1H3. The molecule has 0 saturated heterocycles. The van der Waals surface area contributed by atoms with Gasteiger partial charge in [0.15, 0.2) is 0 Å². The average molecular weight is 447 g/mol. The fraction of sp³-hybridized carbons (Fsp3) is 0.200. The second-order valence-electron chi connectivity index (χ2n) is 3.23. The van der Waals surface area contributed by atoms with Gasteiger partial charge in [-0.1, -0.05) is 0 Å². The first-order valence-electron chi connectivity index (χ1n) is 4.37. The smallest absolute Gasteiger partial charge is 0.115 e. The lowest BCUT2D eigenvalue weighted by Gasteiger charge is -2.06. The van der Waals surface area contributed by atoms with Gasteiger partial charge in [-0.3, -0.25) is 0 Å². The molecule has 0 aromatic carbocycles. The third-order valence-corrected chi connectivity index (χ3v) is 6.70. The fourth-order valence-electron chi connectivity index (χ4n) is 1.31. The second kappa shape index (κ2) is 5.20. The molecular formula is C10H7Br3OS2. The highest BCUT2D eigenvalue weighted by Gasteiger charge is 2.19. The minimum absolute atomic E-state index is 0.563. The van der Waals surface area contributed by atoms with E-state index in [0.717, 1.165) is 22.5 Å². The van der Waals surface area contributed by atoms with Crippen LogP contribution in [0.1, 0.15) is 21.4 Å². The average Bonchev–Trinajstić information content (AvgIpc) is 2.70. The van der Waals surface area contributed by atoms with Gasteiger partial charge in [-0.05, 0) is 66.8 Å². The van der Waals surface area contributed by atoms with Gasteiger partial charge in [0.05, 0.1) is 7.57 Å². The maximum atomic E-state index is 10.3. The minimum atomic E-state index is -0.563. The summed E-state index contributed by atoms with van der Waals surface area (Å²) in [6.45, 7) is 2.03. The molecule has 0 saturated carbocycles. The van der Waals surface area contributed by atoms with E-state index in [1.165, 1.54) is 4.88 Å². The van der Waals surface area contributed by atoms with Crippen molar-refractivity contribution in [2.75, 3.05) is 0 Å². The molecule has 0 radical (unpaired) electrons. The zero-order valence-electron chi connectivity index (χ0n) is 8.13. The molecular weight excluding hydrogens is 440 g/mol. The summed E-state index contributed by atoms with van der Waals surface area (Å²) < 4.78 is 3.03. The highest BCUT2D eigenvalue weighted by molar-refractivity contribution is 9.12. The van der Waals surface area contributed by atoms with Gasteiger partial charge in [0.1, 0.15) is 6.10 Å². The maximum Gasteiger partial charge on any atom is 0.115 e. The second-order valence-corrected chi connectivity index (χ2v) is 9.13. The molecule has 16 heavy (non-hydrogen) atoms. The molecule has 0 fully saturated rings. The van der Waals surface area contributed by atoms with Crippen molar-refractivity contribution in [2.24, 2.45) is 0 Å². The van der Waals surface area contributed by atoms with Crippen LogP contribution in [0.25, 0.3) is 0 Å². The van der Waals surface area contributed by atoms with E-state index in [2.05, 4.69) is 47.8 Å². The Morgan fingerprint density at radius 1 is 1.19 bits per heavy atom. The van der Waals surface area contributed by atoms with Gasteiger partial charge < -0.3 is 5.11 Å². The summed E-state index contributed by atoms with van der Waals surface area (Å²) in [5.74, 6) is 0. The summed E-state index contributed by atoms with van der Waals surface area (Å²) in [5, 5.41) is 10.3. The molecule has 0 spiro atoms. The van der Waals surface area contributed by atoms with Crippen molar-refractivity contribution in [3.63, 3.8) is 0 Å². The maximum absolute atomic E-state index is 10.3. The first kappa shape index (κ1) is 13.2. The predicted molar refractivity (Wildman–Crippen MR) is 80.5 cm³/mol. The van der Waals surface area contributed by atoms with E-state index in [9.17, 15) is 5.11 Å². The van der Waals surface area contributed by atoms with E-state index in [-0.39, 0.29) is 0 Å². The lowest BCUT2D eigenvalue weighted by atomic mass is 10.2. The Morgan fingerprint density at radius 3 is 2.31 bits per heavy atom. The van der Waals surface area contributed by atoms with Crippen LogP contribution in [0.3, 0.4) is 0 Å². The third-order valence-electron chi connectivity index (χ3n) is 2.12. The van der Waals surface area contributed by atoms with Gasteiger partial charge in [0.25, 0.3) is 0 Å². The molecule has 2 aromatic heterocycles. The van der Waals surface area contributed by atoms with Gasteiger partial charge in [-0.15, -0.1) is 22.7 Å². The molecule has 1 atom stereocenters. The quantitative estimate of drug-likeness (QED) is 0.647. The molecule has 1 nitrogen and oxygen atoms in total. The van der Waals surface area contributed by atoms with Crippen LogP contribution in [0.15, 0.2) is 24.2 Å². The van der Waals surface area contributed by atoms with Gasteiger partial charge in [0.2, 0.25) is 0 Å². The summed E-state index contributed by atoms with van der Waals surface area (Å²) in [7, 11) is 0. The van der Waals surface area contributed by atoms with E-state index < -0.39 is 6.10 Å². The number of halogens is 3. The van der Waals surface area contributed by atoms with Crippen LogP contribution in [-0.2, 0) is 0 Å². The Hall–Kier alpha value is 0.800. The van der Waals surface area contributed by atoms with E-state index in [4.69, 9.17) is 0 Å². The molecule has 0 aliphatic rings. The molecule has 0 amide bonds. The van der Waals surface area contributed by atoms with Crippen LogP contribution in [0.4, 0.5) is 0 Å². The Labute approximate surface area is 127 Å². The minimum Gasteiger partial charge on any atom is -0.383 e. The lowest BCUT2D eigenvalue weighted by Crippen LogP contribution is -1.95. The van der Waals surface area contributed by atoms with Gasteiger partial charge in [-0.2, -0.15) is 0 Å².